The van der Waals surface area contributed by atoms with Crippen molar-refractivity contribution in [3.05, 3.63) is 18.3 Å². The quantitative estimate of drug-likeness (QED) is 0.857. The Morgan fingerprint density at radius 2 is 2.33 bits per heavy atom. The van der Waals surface area contributed by atoms with Crippen molar-refractivity contribution in [1.82, 2.24) is 15.3 Å². The van der Waals surface area contributed by atoms with Crippen molar-refractivity contribution in [3.8, 4) is 12.3 Å². The number of carbonyl (C=O) groups is 1. The number of amides is 1. The number of hydrogen-bond donors (Lipinski definition) is 1. The van der Waals surface area contributed by atoms with Crippen LogP contribution >= 0.6 is 0 Å². The molecule has 3 rings (SSSR count). The molecule has 0 aliphatic carbocycles. The molecule has 0 aromatic carbocycles. The van der Waals surface area contributed by atoms with E-state index in [4.69, 9.17) is 10.8 Å². The van der Waals surface area contributed by atoms with Gasteiger partial charge in [-0.25, -0.2) is 4.98 Å². The second kappa shape index (κ2) is 5.83. The molecule has 3 heterocycles. The van der Waals surface area contributed by atoms with Gasteiger partial charge in [0.05, 0.1) is 6.54 Å². The topological polar surface area (TPSA) is 71.3 Å². The summed E-state index contributed by atoms with van der Waals surface area (Å²) in [7, 11) is 0. The number of rotatable bonds is 3. The van der Waals surface area contributed by atoms with Crippen molar-refractivity contribution >= 4 is 23.2 Å². The van der Waals surface area contributed by atoms with Crippen LogP contribution in [0.5, 0.6) is 0 Å². The lowest BCUT2D eigenvalue weighted by molar-refractivity contribution is -0.125. The largest absolute Gasteiger partial charge is 0.422 e. The van der Waals surface area contributed by atoms with E-state index >= 15 is 0 Å². The summed E-state index contributed by atoms with van der Waals surface area (Å²) in [5, 5.41) is 2.74. The lowest BCUT2D eigenvalue weighted by Crippen LogP contribution is -2.40. The van der Waals surface area contributed by atoms with Gasteiger partial charge in [-0.2, -0.15) is 4.98 Å². The molecule has 1 N–H and O–H groups in total. The van der Waals surface area contributed by atoms with Crippen LogP contribution in [0.2, 0.25) is 0 Å². The molecular weight excluding hydrogens is 268 g/mol. The van der Waals surface area contributed by atoms with Crippen LogP contribution in [0.4, 0.5) is 6.01 Å². The number of carbonyl (C=O) groups excluding carboxylic acids is 1. The van der Waals surface area contributed by atoms with E-state index in [0.29, 0.717) is 17.2 Å². The maximum Gasteiger partial charge on any atom is 0.299 e. The normalized spacial score (nSPS) is 15.9. The monoisotopic (exact) mass is 284 g/mol. The summed E-state index contributed by atoms with van der Waals surface area (Å²) in [5.74, 6) is 2.46. The Morgan fingerprint density at radius 3 is 3.05 bits per heavy atom. The smallest absolute Gasteiger partial charge is 0.299 e. The Hall–Kier alpha value is -2.55. The molecule has 0 spiro atoms. The third-order valence-electron chi connectivity index (χ3n) is 3.65. The zero-order valence-corrected chi connectivity index (χ0v) is 11.6. The van der Waals surface area contributed by atoms with Gasteiger partial charge in [-0.1, -0.05) is 5.92 Å². The lowest BCUT2D eigenvalue weighted by atomic mass is 9.96. The molecule has 6 nitrogen and oxygen atoms in total. The van der Waals surface area contributed by atoms with Gasteiger partial charge in [-0.3, -0.25) is 4.79 Å². The maximum absolute atomic E-state index is 11.9. The molecule has 2 aromatic heterocycles. The fourth-order valence-corrected chi connectivity index (χ4v) is 2.51. The number of hydrogen-bond acceptors (Lipinski definition) is 5. The van der Waals surface area contributed by atoms with Crippen LogP contribution in [0.15, 0.2) is 22.7 Å². The molecule has 1 fully saturated rings. The number of nitrogens with one attached hydrogen (secondary N) is 1. The van der Waals surface area contributed by atoms with Crippen molar-refractivity contribution in [1.29, 1.82) is 0 Å². The van der Waals surface area contributed by atoms with E-state index in [0.717, 1.165) is 25.9 Å². The molecule has 1 aliphatic rings. The number of anilines is 1. The van der Waals surface area contributed by atoms with Crippen LogP contribution in [0.3, 0.4) is 0 Å². The molecule has 0 saturated carbocycles. The van der Waals surface area contributed by atoms with Gasteiger partial charge in [0, 0.05) is 25.2 Å². The van der Waals surface area contributed by atoms with E-state index in [1.54, 1.807) is 6.20 Å². The summed E-state index contributed by atoms with van der Waals surface area (Å²) in [5.41, 5.74) is 1.29. The fraction of sp³-hybridized carbons (Fsp3) is 0.400. The van der Waals surface area contributed by atoms with Crippen LogP contribution < -0.4 is 10.2 Å². The van der Waals surface area contributed by atoms with Crippen molar-refractivity contribution in [2.24, 2.45) is 5.92 Å². The number of pyridine rings is 1. The standard InChI is InChI=1S/C15H16N4O2/c1-2-7-17-14(20)11-5-9-19(10-6-11)15-18-13-12(21-15)4-3-8-16-13/h1,3-4,8,11H,5-7,9-10H2,(H,17,20). The zero-order chi connectivity index (χ0) is 14.7. The highest BCUT2D eigenvalue weighted by Crippen LogP contribution is 2.25. The maximum atomic E-state index is 11.9. The molecule has 1 saturated heterocycles. The molecule has 21 heavy (non-hydrogen) atoms. The Labute approximate surface area is 122 Å². The first-order valence-electron chi connectivity index (χ1n) is 6.95. The molecule has 1 aliphatic heterocycles. The van der Waals surface area contributed by atoms with E-state index in [9.17, 15) is 4.79 Å². The van der Waals surface area contributed by atoms with E-state index < -0.39 is 0 Å². The third kappa shape index (κ3) is 2.82. The van der Waals surface area contributed by atoms with Gasteiger partial charge in [0.1, 0.15) is 0 Å². The Kier molecular flexibility index (Phi) is 3.73. The summed E-state index contributed by atoms with van der Waals surface area (Å²) >= 11 is 0. The Balaban J connectivity index is 1.63. The summed E-state index contributed by atoms with van der Waals surface area (Å²) in [6, 6.07) is 4.24. The van der Waals surface area contributed by atoms with E-state index in [-0.39, 0.29) is 18.4 Å². The van der Waals surface area contributed by atoms with Crippen molar-refractivity contribution < 1.29 is 9.21 Å². The van der Waals surface area contributed by atoms with E-state index in [1.165, 1.54) is 0 Å². The molecule has 108 valence electrons. The second-order valence-electron chi connectivity index (χ2n) is 5.00. The molecule has 1 amide bonds. The highest BCUT2D eigenvalue weighted by atomic mass is 16.4. The van der Waals surface area contributed by atoms with Crippen molar-refractivity contribution in [2.45, 2.75) is 12.8 Å². The number of oxazole rings is 1. The van der Waals surface area contributed by atoms with Gasteiger partial charge in [0.15, 0.2) is 5.58 Å². The van der Waals surface area contributed by atoms with E-state index in [1.807, 2.05) is 17.0 Å². The van der Waals surface area contributed by atoms with Crippen LogP contribution in [0.25, 0.3) is 11.2 Å². The van der Waals surface area contributed by atoms with Crippen LogP contribution in [-0.4, -0.2) is 35.5 Å². The molecule has 0 bridgehead atoms. The Morgan fingerprint density at radius 1 is 1.52 bits per heavy atom. The first kappa shape index (κ1) is 13.4. The van der Waals surface area contributed by atoms with Gasteiger partial charge in [-0.15, -0.1) is 6.42 Å². The number of aromatic nitrogens is 2. The molecule has 0 radical (unpaired) electrons. The number of terminal acetylenes is 1. The van der Waals surface area contributed by atoms with Crippen molar-refractivity contribution in [3.63, 3.8) is 0 Å². The number of fused-ring (bicyclic) bond motifs is 1. The zero-order valence-electron chi connectivity index (χ0n) is 11.6. The molecule has 0 atom stereocenters. The summed E-state index contributed by atoms with van der Waals surface area (Å²) in [4.78, 5) is 22.5. The minimum Gasteiger partial charge on any atom is -0.422 e. The van der Waals surface area contributed by atoms with Gasteiger partial charge in [0.2, 0.25) is 11.6 Å². The average Bonchev–Trinajstić information content (AvgIpc) is 2.96. The number of nitrogens with zero attached hydrogens (tertiary/aromatic N) is 3. The molecule has 6 heteroatoms. The minimum absolute atomic E-state index is 0.0112. The predicted octanol–water partition coefficient (Wildman–Crippen LogP) is 1.19. The SMILES string of the molecule is C#CCNC(=O)C1CCN(c2nc3ncccc3o2)CC1. The average molecular weight is 284 g/mol. The fourth-order valence-electron chi connectivity index (χ4n) is 2.51. The van der Waals surface area contributed by atoms with Gasteiger partial charge in [0.25, 0.3) is 6.01 Å². The summed E-state index contributed by atoms with van der Waals surface area (Å²) < 4.78 is 5.69. The van der Waals surface area contributed by atoms with Gasteiger partial charge < -0.3 is 14.6 Å². The van der Waals surface area contributed by atoms with Gasteiger partial charge in [-0.05, 0) is 25.0 Å². The lowest BCUT2D eigenvalue weighted by Gasteiger charge is -2.29. The summed E-state index contributed by atoms with van der Waals surface area (Å²) in [6.07, 6.45) is 8.37. The molecule has 2 aromatic rings. The number of piperidine rings is 1. The highest BCUT2D eigenvalue weighted by molar-refractivity contribution is 5.79. The second-order valence-corrected chi connectivity index (χ2v) is 5.00. The van der Waals surface area contributed by atoms with Gasteiger partial charge >= 0.3 is 0 Å². The first-order chi connectivity index (χ1) is 10.3. The summed E-state index contributed by atoms with van der Waals surface area (Å²) in [6.45, 7) is 1.76. The minimum atomic E-state index is 0.0112. The highest BCUT2D eigenvalue weighted by Gasteiger charge is 2.26. The third-order valence-corrected chi connectivity index (χ3v) is 3.65. The molecular formula is C15H16N4O2. The Bertz CT molecular complexity index is 647. The predicted molar refractivity (Wildman–Crippen MR) is 78.6 cm³/mol. The molecule has 0 unspecified atom stereocenters. The first-order valence-corrected chi connectivity index (χ1v) is 6.95. The van der Waals surface area contributed by atoms with Crippen LogP contribution in [0, 0.1) is 18.3 Å². The van der Waals surface area contributed by atoms with Crippen LogP contribution in [-0.2, 0) is 4.79 Å². The van der Waals surface area contributed by atoms with Crippen LogP contribution in [0.1, 0.15) is 12.8 Å². The van der Waals surface area contributed by atoms with E-state index in [2.05, 4.69) is 21.2 Å². The van der Waals surface area contributed by atoms with Crippen molar-refractivity contribution in [2.75, 3.05) is 24.5 Å².